The summed E-state index contributed by atoms with van der Waals surface area (Å²) in [5.41, 5.74) is 3.30. The fourth-order valence-corrected chi connectivity index (χ4v) is 4.01. The molecule has 1 aliphatic heterocycles. The van der Waals surface area contributed by atoms with Crippen molar-refractivity contribution in [1.29, 1.82) is 0 Å². The Labute approximate surface area is 139 Å². The number of carbonyl (C=O) groups is 1. The number of carboxylic acids is 1. The summed E-state index contributed by atoms with van der Waals surface area (Å²) in [7, 11) is 0. The summed E-state index contributed by atoms with van der Waals surface area (Å²) >= 11 is 6.40. The van der Waals surface area contributed by atoms with Gasteiger partial charge < -0.3 is 15.2 Å². The van der Waals surface area contributed by atoms with Gasteiger partial charge in [-0.1, -0.05) is 48.0 Å². The highest BCUT2D eigenvalue weighted by molar-refractivity contribution is 6.31. The molecule has 2 aliphatic rings. The van der Waals surface area contributed by atoms with Crippen molar-refractivity contribution in [2.75, 3.05) is 5.32 Å². The third kappa shape index (κ3) is 2.32. The largest absolute Gasteiger partial charge is 0.545 e. The number of benzene rings is 2. The molecule has 0 saturated heterocycles. The second-order valence-electron chi connectivity index (χ2n) is 6.09. The van der Waals surface area contributed by atoms with Gasteiger partial charge in [0, 0.05) is 16.6 Å². The normalized spacial score (nSPS) is 24.7. The van der Waals surface area contributed by atoms with Gasteiger partial charge in [0.2, 0.25) is 0 Å². The fourth-order valence-electron chi connectivity index (χ4n) is 3.76. The molecule has 2 aromatic rings. The van der Waals surface area contributed by atoms with E-state index >= 15 is 0 Å². The molecule has 0 spiro atoms. The molecule has 23 heavy (non-hydrogen) atoms. The Morgan fingerprint density at radius 2 is 2.00 bits per heavy atom. The van der Waals surface area contributed by atoms with Gasteiger partial charge in [-0.15, -0.1) is 0 Å². The molecule has 1 N–H and O–H groups in total. The molecule has 0 saturated carbocycles. The van der Waals surface area contributed by atoms with E-state index in [4.69, 9.17) is 11.6 Å². The molecule has 116 valence electrons. The van der Waals surface area contributed by atoms with Gasteiger partial charge in [0.25, 0.3) is 0 Å². The molecule has 0 amide bonds. The van der Waals surface area contributed by atoms with Crippen LogP contribution in [0.2, 0.25) is 5.02 Å². The van der Waals surface area contributed by atoms with Gasteiger partial charge in [-0.25, -0.2) is 0 Å². The summed E-state index contributed by atoms with van der Waals surface area (Å²) in [6.45, 7) is 0. The average Bonchev–Trinajstić information content (AvgIpc) is 3.04. The van der Waals surface area contributed by atoms with Crippen LogP contribution in [0.4, 0.5) is 5.69 Å². The van der Waals surface area contributed by atoms with E-state index in [2.05, 4.69) is 23.5 Å². The van der Waals surface area contributed by atoms with Crippen molar-refractivity contribution >= 4 is 23.3 Å². The number of fused-ring (bicyclic) bond motifs is 3. The summed E-state index contributed by atoms with van der Waals surface area (Å²) in [5, 5.41) is 15.5. The second kappa shape index (κ2) is 5.43. The number of allylic oxidation sites excluding steroid dienone is 2. The van der Waals surface area contributed by atoms with Crippen molar-refractivity contribution in [3.8, 4) is 0 Å². The summed E-state index contributed by atoms with van der Waals surface area (Å²) < 4.78 is 0. The molecule has 0 unspecified atom stereocenters. The smallest absolute Gasteiger partial charge is 0.0715 e. The first-order chi connectivity index (χ1) is 11.1. The Kier molecular flexibility index (Phi) is 3.38. The lowest BCUT2D eigenvalue weighted by atomic mass is 9.76. The lowest BCUT2D eigenvalue weighted by Crippen LogP contribution is -2.30. The molecular formula is C19H15ClNO2-. The zero-order valence-electron chi connectivity index (χ0n) is 12.3. The molecule has 3 atom stereocenters. The Bertz CT molecular complexity index is 815. The zero-order chi connectivity index (χ0) is 16.0. The lowest BCUT2D eigenvalue weighted by molar-refractivity contribution is -0.255. The number of carbonyl (C=O) groups excluding carboxylic acids is 1. The zero-order valence-corrected chi connectivity index (χ0v) is 13.1. The van der Waals surface area contributed by atoms with Crippen LogP contribution < -0.4 is 10.4 Å². The van der Waals surface area contributed by atoms with E-state index in [1.54, 1.807) is 12.1 Å². The number of anilines is 1. The van der Waals surface area contributed by atoms with Gasteiger partial charge in [0.15, 0.2) is 0 Å². The van der Waals surface area contributed by atoms with Crippen molar-refractivity contribution in [2.45, 2.75) is 18.4 Å². The van der Waals surface area contributed by atoms with Crippen molar-refractivity contribution in [3.05, 3.63) is 76.3 Å². The molecule has 1 heterocycles. The van der Waals surface area contributed by atoms with E-state index in [1.807, 2.05) is 24.3 Å². The van der Waals surface area contributed by atoms with Gasteiger partial charge in [-0.05, 0) is 47.2 Å². The molecule has 2 aromatic carbocycles. The highest BCUT2D eigenvalue weighted by Gasteiger charge is 2.38. The minimum absolute atomic E-state index is 0.116. The molecule has 0 aromatic heterocycles. The first-order valence-corrected chi connectivity index (χ1v) is 8.06. The number of nitrogens with one attached hydrogen (secondary N) is 1. The van der Waals surface area contributed by atoms with Crippen LogP contribution in [0, 0.1) is 5.92 Å². The van der Waals surface area contributed by atoms with Crippen LogP contribution in [-0.4, -0.2) is 5.97 Å². The fraction of sp³-hybridized carbons (Fsp3) is 0.211. The van der Waals surface area contributed by atoms with Crippen LogP contribution in [-0.2, 0) is 0 Å². The SMILES string of the molecule is O=C([O-])c1ccc2c(c1)[C@H]1C=CC[C@@H]1[C@@H](c1ccccc1Cl)N2. The predicted octanol–water partition coefficient (Wildman–Crippen LogP) is 3.53. The summed E-state index contributed by atoms with van der Waals surface area (Å²) in [5.74, 6) is -0.606. The van der Waals surface area contributed by atoms with E-state index in [0.29, 0.717) is 5.92 Å². The van der Waals surface area contributed by atoms with Crippen LogP contribution in [0.5, 0.6) is 0 Å². The molecule has 4 heteroatoms. The Balaban J connectivity index is 1.81. The van der Waals surface area contributed by atoms with Gasteiger partial charge in [-0.3, -0.25) is 0 Å². The number of rotatable bonds is 2. The number of hydrogen-bond acceptors (Lipinski definition) is 3. The van der Waals surface area contributed by atoms with Crippen LogP contribution >= 0.6 is 11.6 Å². The van der Waals surface area contributed by atoms with Gasteiger partial charge in [-0.2, -0.15) is 0 Å². The highest BCUT2D eigenvalue weighted by atomic mass is 35.5. The maximum atomic E-state index is 11.1. The third-order valence-corrected chi connectivity index (χ3v) is 5.18. The average molecular weight is 325 g/mol. The summed E-state index contributed by atoms with van der Waals surface area (Å²) in [4.78, 5) is 11.1. The number of carboxylic acid groups (broad SMARTS) is 1. The van der Waals surface area contributed by atoms with E-state index in [1.165, 1.54) is 0 Å². The molecule has 0 bridgehead atoms. The van der Waals surface area contributed by atoms with Crippen molar-refractivity contribution < 1.29 is 9.90 Å². The predicted molar refractivity (Wildman–Crippen MR) is 88.6 cm³/mol. The summed E-state index contributed by atoms with van der Waals surface area (Å²) in [6, 6.07) is 13.1. The first kappa shape index (κ1) is 14.3. The second-order valence-corrected chi connectivity index (χ2v) is 6.49. The Hall–Kier alpha value is -2.26. The topological polar surface area (TPSA) is 52.2 Å². The first-order valence-electron chi connectivity index (χ1n) is 7.68. The number of halogens is 1. The minimum Gasteiger partial charge on any atom is -0.545 e. The monoisotopic (exact) mass is 324 g/mol. The van der Waals surface area contributed by atoms with E-state index < -0.39 is 5.97 Å². The number of hydrogen-bond donors (Lipinski definition) is 1. The lowest BCUT2D eigenvalue weighted by Gasteiger charge is -2.38. The third-order valence-electron chi connectivity index (χ3n) is 4.84. The van der Waals surface area contributed by atoms with Gasteiger partial charge >= 0.3 is 0 Å². The van der Waals surface area contributed by atoms with Crippen molar-refractivity contribution in [3.63, 3.8) is 0 Å². The molecular weight excluding hydrogens is 310 g/mol. The van der Waals surface area contributed by atoms with Crippen LogP contribution in [0.3, 0.4) is 0 Å². The van der Waals surface area contributed by atoms with Crippen LogP contribution in [0.1, 0.15) is 39.9 Å². The summed E-state index contributed by atoms with van der Waals surface area (Å²) in [6.07, 6.45) is 5.29. The van der Waals surface area contributed by atoms with Crippen molar-refractivity contribution in [2.24, 2.45) is 5.92 Å². The van der Waals surface area contributed by atoms with E-state index in [-0.39, 0.29) is 17.5 Å². The Morgan fingerprint density at radius 1 is 1.17 bits per heavy atom. The standard InChI is InChI=1S/C19H16ClNO2/c20-16-7-2-1-4-14(16)18-13-6-3-5-12(13)15-10-11(19(22)23)8-9-17(15)21-18/h1-5,7-10,12-13,18,21H,6H2,(H,22,23)/p-1/t12-,13-,18-/m0/s1. The molecule has 1 aliphatic carbocycles. The molecule has 3 nitrogen and oxygen atoms in total. The number of aromatic carboxylic acids is 1. The van der Waals surface area contributed by atoms with Crippen molar-refractivity contribution in [1.82, 2.24) is 0 Å². The van der Waals surface area contributed by atoms with Crippen LogP contribution in [0.15, 0.2) is 54.6 Å². The molecule has 0 radical (unpaired) electrons. The van der Waals surface area contributed by atoms with E-state index in [9.17, 15) is 9.90 Å². The van der Waals surface area contributed by atoms with Gasteiger partial charge in [0.1, 0.15) is 0 Å². The van der Waals surface area contributed by atoms with Gasteiger partial charge in [0.05, 0.1) is 12.0 Å². The maximum absolute atomic E-state index is 11.1. The van der Waals surface area contributed by atoms with Crippen LogP contribution in [0.25, 0.3) is 0 Å². The molecule has 0 fully saturated rings. The minimum atomic E-state index is -1.14. The highest BCUT2D eigenvalue weighted by Crippen LogP contribution is 2.50. The maximum Gasteiger partial charge on any atom is 0.0715 e. The Morgan fingerprint density at radius 3 is 2.78 bits per heavy atom. The molecule has 4 rings (SSSR count). The quantitative estimate of drug-likeness (QED) is 0.860. The van der Waals surface area contributed by atoms with E-state index in [0.717, 1.165) is 28.3 Å².